The molecule has 0 aromatic heterocycles. The summed E-state index contributed by atoms with van der Waals surface area (Å²) in [6.45, 7) is 3.13. The Labute approximate surface area is 58.6 Å². The molecule has 2 unspecified atom stereocenters. The highest BCUT2D eigenvalue weighted by Crippen LogP contribution is 2.40. The molecule has 4 N–H and O–H groups in total. The van der Waals surface area contributed by atoms with Crippen LogP contribution in [-0.2, 0) is 9.09 Å². The van der Waals surface area contributed by atoms with Gasteiger partial charge in [-0.25, -0.2) is 0 Å². The highest BCUT2D eigenvalue weighted by atomic mass is 31.2. The SMILES string of the molecule is C=CC(O)OP(=O)(O)CN. The van der Waals surface area contributed by atoms with Crippen LogP contribution in [0.1, 0.15) is 0 Å². The van der Waals surface area contributed by atoms with E-state index in [2.05, 4.69) is 11.1 Å². The van der Waals surface area contributed by atoms with Crippen molar-refractivity contribution in [1.82, 2.24) is 0 Å². The third-order valence-corrected chi connectivity index (χ3v) is 1.71. The fraction of sp³-hybridized carbons (Fsp3) is 0.500. The Kier molecular flexibility index (Phi) is 3.78. The van der Waals surface area contributed by atoms with Crippen molar-refractivity contribution in [2.75, 3.05) is 6.29 Å². The maximum atomic E-state index is 10.6. The first-order valence-corrected chi connectivity index (χ1v) is 4.29. The summed E-state index contributed by atoms with van der Waals surface area (Å²) in [5.74, 6) is 0. The fourth-order valence-electron chi connectivity index (χ4n) is 0.255. The molecule has 0 aliphatic rings. The number of hydrogen-bond donors (Lipinski definition) is 3. The topological polar surface area (TPSA) is 92.8 Å². The molecule has 0 aliphatic carbocycles. The summed E-state index contributed by atoms with van der Waals surface area (Å²) in [6, 6.07) is 0. The summed E-state index contributed by atoms with van der Waals surface area (Å²) in [7, 11) is -3.79. The molecule has 0 saturated heterocycles. The standard InChI is InChI=1S/C4H10NO4P/c1-2-4(6)9-10(7,8)3-5/h2,4,6H,1,3,5H2,(H,7,8). The lowest BCUT2D eigenvalue weighted by molar-refractivity contribution is 0.0168. The van der Waals surface area contributed by atoms with Crippen molar-refractivity contribution in [1.29, 1.82) is 0 Å². The Morgan fingerprint density at radius 3 is 2.70 bits per heavy atom. The van der Waals surface area contributed by atoms with Crippen molar-refractivity contribution in [2.24, 2.45) is 5.73 Å². The van der Waals surface area contributed by atoms with Gasteiger partial charge in [-0.1, -0.05) is 6.58 Å². The minimum Gasteiger partial charge on any atom is -0.364 e. The van der Waals surface area contributed by atoms with Crippen LogP contribution in [0.15, 0.2) is 12.7 Å². The first-order valence-electron chi connectivity index (χ1n) is 2.53. The number of rotatable bonds is 4. The number of hydrogen-bond acceptors (Lipinski definition) is 4. The predicted molar refractivity (Wildman–Crippen MR) is 36.2 cm³/mol. The number of nitrogens with two attached hydrogens (primary N) is 1. The van der Waals surface area contributed by atoms with Gasteiger partial charge >= 0.3 is 7.60 Å². The van der Waals surface area contributed by atoms with E-state index in [1.54, 1.807) is 0 Å². The molecule has 0 aliphatic heterocycles. The van der Waals surface area contributed by atoms with Crippen molar-refractivity contribution in [3.8, 4) is 0 Å². The van der Waals surface area contributed by atoms with Crippen LogP contribution >= 0.6 is 7.60 Å². The summed E-state index contributed by atoms with van der Waals surface area (Å²) in [4.78, 5) is 8.63. The number of aliphatic hydroxyl groups is 1. The first-order chi connectivity index (χ1) is 4.52. The van der Waals surface area contributed by atoms with Gasteiger partial charge in [-0.3, -0.25) is 9.09 Å². The van der Waals surface area contributed by atoms with Crippen molar-refractivity contribution in [2.45, 2.75) is 6.29 Å². The highest BCUT2D eigenvalue weighted by molar-refractivity contribution is 7.52. The van der Waals surface area contributed by atoms with Gasteiger partial charge < -0.3 is 15.7 Å². The summed E-state index contributed by atoms with van der Waals surface area (Å²) in [6.07, 6.45) is -0.962. The van der Waals surface area contributed by atoms with Crippen LogP contribution in [0, 0.1) is 0 Å². The zero-order valence-corrected chi connectivity index (χ0v) is 6.20. The van der Waals surface area contributed by atoms with E-state index in [0.29, 0.717) is 0 Å². The zero-order valence-electron chi connectivity index (χ0n) is 5.30. The normalized spacial score (nSPS) is 19.5. The molecule has 0 bridgehead atoms. The van der Waals surface area contributed by atoms with Gasteiger partial charge in [-0.15, -0.1) is 0 Å². The van der Waals surface area contributed by atoms with Crippen LogP contribution in [-0.4, -0.2) is 22.6 Å². The Hall–Kier alpha value is -0.190. The predicted octanol–water partition coefficient (Wildman–Crippen LogP) is -0.391. The van der Waals surface area contributed by atoms with Crippen molar-refractivity contribution < 1.29 is 19.1 Å². The van der Waals surface area contributed by atoms with Gasteiger partial charge in [0.1, 0.15) is 0 Å². The Balaban J connectivity index is 3.88. The van der Waals surface area contributed by atoms with E-state index in [4.69, 9.17) is 15.7 Å². The molecular formula is C4H10NO4P. The molecule has 10 heavy (non-hydrogen) atoms. The van der Waals surface area contributed by atoms with E-state index >= 15 is 0 Å². The molecule has 0 aromatic rings. The zero-order chi connectivity index (χ0) is 8.20. The maximum Gasteiger partial charge on any atom is 0.344 e. The molecule has 0 rings (SSSR count). The van der Waals surface area contributed by atoms with E-state index < -0.39 is 20.2 Å². The summed E-state index contributed by atoms with van der Waals surface area (Å²) in [5, 5.41) is 8.60. The molecule has 5 nitrogen and oxygen atoms in total. The third kappa shape index (κ3) is 3.76. The highest BCUT2D eigenvalue weighted by Gasteiger charge is 2.19. The average molecular weight is 167 g/mol. The molecule has 0 aromatic carbocycles. The lowest BCUT2D eigenvalue weighted by Crippen LogP contribution is -2.10. The van der Waals surface area contributed by atoms with E-state index in [9.17, 15) is 4.57 Å². The molecule has 2 atom stereocenters. The van der Waals surface area contributed by atoms with Gasteiger partial charge in [0.05, 0.1) is 6.29 Å². The van der Waals surface area contributed by atoms with E-state index in [0.717, 1.165) is 6.08 Å². The van der Waals surface area contributed by atoms with Crippen LogP contribution in [0.5, 0.6) is 0 Å². The molecular weight excluding hydrogens is 157 g/mol. The smallest absolute Gasteiger partial charge is 0.344 e. The summed E-state index contributed by atoms with van der Waals surface area (Å²) < 4.78 is 14.7. The van der Waals surface area contributed by atoms with E-state index in [-0.39, 0.29) is 0 Å². The minimum atomic E-state index is -3.79. The Morgan fingerprint density at radius 1 is 1.90 bits per heavy atom. The number of aliphatic hydroxyl groups excluding tert-OH is 1. The van der Waals surface area contributed by atoms with Crippen LogP contribution in [0.2, 0.25) is 0 Å². The molecule has 6 heteroatoms. The van der Waals surface area contributed by atoms with Crippen molar-refractivity contribution >= 4 is 7.60 Å². The van der Waals surface area contributed by atoms with Gasteiger partial charge in [0.25, 0.3) is 0 Å². The Morgan fingerprint density at radius 2 is 2.40 bits per heavy atom. The van der Waals surface area contributed by atoms with Gasteiger partial charge in [0.2, 0.25) is 0 Å². The van der Waals surface area contributed by atoms with Gasteiger partial charge in [0, 0.05) is 0 Å². The molecule has 0 amide bonds. The first kappa shape index (κ1) is 9.81. The lowest BCUT2D eigenvalue weighted by atomic mass is 10.6. The van der Waals surface area contributed by atoms with Gasteiger partial charge in [0.15, 0.2) is 6.29 Å². The lowest BCUT2D eigenvalue weighted by Gasteiger charge is -2.11. The quantitative estimate of drug-likeness (QED) is 0.301. The second kappa shape index (κ2) is 3.85. The van der Waals surface area contributed by atoms with Crippen molar-refractivity contribution in [3.63, 3.8) is 0 Å². The summed E-state index contributed by atoms with van der Waals surface area (Å²) in [5.41, 5.74) is 4.83. The van der Waals surface area contributed by atoms with E-state index in [1.807, 2.05) is 0 Å². The molecule has 0 fully saturated rings. The fourth-order valence-corrected chi connectivity index (χ4v) is 0.764. The molecule has 0 saturated carbocycles. The third-order valence-electron chi connectivity index (χ3n) is 0.705. The molecule has 60 valence electrons. The van der Waals surface area contributed by atoms with Gasteiger partial charge in [-0.2, -0.15) is 0 Å². The van der Waals surface area contributed by atoms with Gasteiger partial charge in [-0.05, 0) is 6.08 Å². The molecule has 0 radical (unpaired) electrons. The second-order valence-electron chi connectivity index (χ2n) is 1.55. The van der Waals surface area contributed by atoms with Crippen molar-refractivity contribution in [3.05, 3.63) is 12.7 Å². The summed E-state index contributed by atoms with van der Waals surface area (Å²) >= 11 is 0. The van der Waals surface area contributed by atoms with Crippen LogP contribution in [0.4, 0.5) is 0 Å². The monoisotopic (exact) mass is 167 g/mol. The molecule has 0 spiro atoms. The van der Waals surface area contributed by atoms with Crippen LogP contribution in [0.25, 0.3) is 0 Å². The maximum absolute atomic E-state index is 10.6. The average Bonchev–Trinajstić information content (AvgIpc) is 1.87. The second-order valence-corrected chi connectivity index (χ2v) is 3.40. The van der Waals surface area contributed by atoms with E-state index in [1.165, 1.54) is 0 Å². The minimum absolute atomic E-state index is 0.516. The largest absolute Gasteiger partial charge is 0.364 e. The molecule has 0 heterocycles. The van der Waals surface area contributed by atoms with Crippen LogP contribution < -0.4 is 5.73 Å². The van der Waals surface area contributed by atoms with Crippen LogP contribution in [0.3, 0.4) is 0 Å². The Bertz CT molecular complexity index is 159.